The number of aliphatic carboxylic acids is 1. The lowest BCUT2D eigenvalue weighted by Gasteiger charge is -2.11. The molecule has 1 atom stereocenters. The maximum Gasteiger partial charge on any atom is 0.328 e. The number of aryl methyl sites for hydroxylation is 1. The van der Waals surface area contributed by atoms with Crippen LogP contribution in [0.3, 0.4) is 0 Å². The summed E-state index contributed by atoms with van der Waals surface area (Å²) in [5, 5.41) is 21.2. The van der Waals surface area contributed by atoms with Crippen molar-refractivity contribution in [1.29, 1.82) is 0 Å². The molecule has 0 unspecified atom stereocenters. The van der Waals surface area contributed by atoms with Crippen LogP contribution in [0.2, 0.25) is 15.2 Å². The zero-order chi connectivity index (χ0) is 16.6. The largest absolute Gasteiger partial charge is 0.480 e. The van der Waals surface area contributed by atoms with E-state index >= 15 is 0 Å². The van der Waals surface area contributed by atoms with Gasteiger partial charge in [-0.05, 0) is 12.1 Å². The van der Waals surface area contributed by atoms with Crippen LogP contribution in [-0.2, 0) is 11.8 Å². The Labute approximate surface area is 140 Å². The number of nitrogens with zero attached hydrogens (tertiary/aromatic N) is 1. The van der Waals surface area contributed by atoms with Gasteiger partial charge in [-0.1, -0.05) is 34.8 Å². The van der Waals surface area contributed by atoms with Crippen molar-refractivity contribution in [1.82, 2.24) is 9.88 Å². The van der Waals surface area contributed by atoms with Gasteiger partial charge in [0.15, 0.2) is 6.04 Å². The molecule has 0 aliphatic heterocycles. The Morgan fingerprint density at radius 2 is 1.86 bits per heavy atom. The van der Waals surface area contributed by atoms with Crippen LogP contribution < -0.4 is 5.32 Å². The summed E-state index contributed by atoms with van der Waals surface area (Å²) in [6.07, 6.45) is 0. The van der Waals surface area contributed by atoms with Crippen molar-refractivity contribution in [2.24, 2.45) is 7.05 Å². The summed E-state index contributed by atoms with van der Waals surface area (Å²) < 4.78 is 1.53. The van der Waals surface area contributed by atoms with Crippen LogP contribution in [-0.4, -0.2) is 39.3 Å². The van der Waals surface area contributed by atoms with Gasteiger partial charge in [0.05, 0.1) is 27.7 Å². The second kappa shape index (κ2) is 6.34. The summed E-state index contributed by atoms with van der Waals surface area (Å²) in [7, 11) is 1.63. The molecule has 2 aromatic rings. The minimum Gasteiger partial charge on any atom is -0.480 e. The number of carbonyl (C=O) groups is 2. The molecule has 0 aliphatic carbocycles. The number of nitrogens with one attached hydrogen (secondary N) is 1. The lowest BCUT2D eigenvalue weighted by atomic mass is 10.1. The van der Waals surface area contributed by atoms with Crippen molar-refractivity contribution >= 4 is 57.6 Å². The Balaban J connectivity index is 2.55. The van der Waals surface area contributed by atoms with Crippen molar-refractivity contribution < 1.29 is 19.8 Å². The molecule has 118 valence electrons. The summed E-state index contributed by atoms with van der Waals surface area (Å²) in [6.45, 7) is -0.740. The highest BCUT2D eigenvalue weighted by atomic mass is 35.5. The number of aliphatic hydroxyl groups excluding tert-OH is 1. The van der Waals surface area contributed by atoms with Crippen molar-refractivity contribution in [2.45, 2.75) is 6.04 Å². The van der Waals surface area contributed by atoms with Crippen molar-refractivity contribution in [3.8, 4) is 0 Å². The lowest BCUT2D eigenvalue weighted by molar-refractivity contribution is -0.140. The highest BCUT2D eigenvalue weighted by Gasteiger charge is 2.25. The fourth-order valence-corrected chi connectivity index (χ4v) is 2.63. The quantitative estimate of drug-likeness (QED) is 0.775. The first-order valence-electron chi connectivity index (χ1n) is 6.05. The molecule has 3 N–H and O–H groups in total. The van der Waals surface area contributed by atoms with Gasteiger partial charge < -0.3 is 20.1 Å². The van der Waals surface area contributed by atoms with Crippen LogP contribution in [0.5, 0.6) is 0 Å². The predicted octanol–water partition coefficient (Wildman–Crippen LogP) is 2.31. The first kappa shape index (κ1) is 16.9. The molecule has 0 aliphatic rings. The summed E-state index contributed by atoms with van der Waals surface area (Å²) >= 11 is 18.1. The molecule has 0 saturated heterocycles. The normalized spacial score (nSPS) is 12.4. The molecule has 0 radical (unpaired) electrons. The highest BCUT2D eigenvalue weighted by Crippen LogP contribution is 2.34. The van der Waals surface area contributed by atoms with E-state index in [1.54, 1.807) is 13.1 Å². The Kier molecular flexibility index (Phi) is 4.87. The third-order valence-corrected chi connectivity index (χ3v) is 4.35. The summed E-state index contributed by atoms with van der Waals surface area (Å²) in [5.41, 5.74) is 0.637. The molecule has 0 fully saturated rings. The lowest BCUT2D eigenvalue weighted by Crippen LogP contribution is -2.43. The van der Waals surface area contributed by atoms with E-state index in [2.05, 4.69) is 5.32 Å². The number of hydrogen-bond acceptors (Lipinski definition) is 3. The fourth-order valence-electron chi connectivity index (χ4n) is 2.03. The molecule has 1 aromatic heterocycles. The zero-order valence-corrected chi connectivity index (χ0v) is 13.5. The molecule has 1 heterocycles. The van der Waals surface area contributed by atoms with Crippen molar-refractivity contribution in [2.75, 3.05) is 6.61 Å². The SMILES string of the molecule is Cn1c(Cl)c(C(=O)N[C@@H](CO)C(=O)O)c2cc(Cl)c(Cl)cc21. The topological polar surface area (TPSA) is 91.6 Å². The van der Waals surface area contributed by atoms with Crippen LogP contribution >= 0.6 is 34.8 Å². The molecular formula is C13H11Cl3N2O4. The molecule has 2 rings (SSSR count). The number of carbonyl (C=O) groups excluding carboxylic acids is 1. The van der Waals surface area contributed by atoms with Gasteiger partial charge in [-0.3, -0.25) is 4.79 Å². The van der Waals surface area contributed by atoms with Gasteiger partial charge in [0.1, 0.15) is 5.15 Å². The first-order valence-corrected chi connectivity index (χ1v) is 7.18. The van der Waals surface area contributed by atoms with Crippen molar-refractivity contribution in [3.05, 3.63) is 32.9 Å². The maximum atomic E-state index is 12.3. The third kappa shape index (κ3) is 2.87. The van der Waals surface area contributed by atoms with E-state index in [1.165, 1.54) is 10.6 Å². The van der Waals surface area contributed by atoms with Gasteiger partial charge in [-0.25, -0.2) is 4.79 Å². The fraction of sp³-hybridized carbons (Fsp3) is 0.231. The Bertz CT molecular complexity index is 772. The summed E-state index contributed by atoms with van der Waals surface area (Å²) in [4.78, 5) is 23.2. The van der Waals surface area contributed by atoms with Gasteiger partial charge in [-0.15, -0.1) is 0 Å². The van der Waals surface area contributed by atoms with Gasteiger partial charge in [0.2, 0.25) is 0 Å². The van der Waals surface area contributed by atoms with Gasteiger partial charge >= 0.3 is 5.97 Å². The van der Waals surface area contributed by atoms with E-state index in [0.717, 1.165) is 0 Å². The minimum absolute atomic E-state index is 0.0671. The standard InChI is InChI=1S/C13H11Cl3N2O4/c1-18-9-3-7(15)6(14)2-5(9)10(11(18)16)12(20)17-8(4-19)13(21)22/h2-3,8,19H,4H2,1H3,(H,17,20)(H,21,22)/t8-/m0/s1. The number of carboxylic acids is 1. The number of benzene rings is 1. The predicted molar refractivity (Wildman–Crippen MR) is 83.9 cm³/mol. The number of fused-ring (bicyclic) bond motifs is 1. The van der Waals surface area contributed by atoms with Crippen LogP contribution in [0.25, 0.3) is 10.9 Å². The number of carboxylic acid groups (broad SMARTS) is 1. The summed E-state index contributed by atoms with van der Waals surface area (Å²) in [5.74, 6) is -2.08. The number of aromatic nitrogens is 1. The molecule has 9 heteroatoms. The molecule has 22 heavy (non-hydrogen) atoms. The first-order chi connectivity index (χ1) is 10.3. The molecule has 0 spiro atoms. The molecule has 6 nitrogen and oxygen atoms in total. The third-order valence-electron chi connectivity index (χ3n) is 3.18. The maximum absolute atomic E-state index is 12.3. The summed E-state index contributed by atoms with van der Waals surface area (Å²) in [6, 6.07) is 1.61. The van der Waals surface area contributed by atoms with E-state index in [0.29, 0.717) is 15.9 Å². The number of halogens is 3. The minimum atomic E-state index is -1.43. The number of aliphatic hydroxyl groups is 1. The average molecular weight is 366 g/mol. The van der Waals surface area contributed by atoms with Crippen LogP contribution in [0.15, 0.2) is 12.1 Å². The zero-order valence-electron chi connectivity index (χ0n) is 11.2. The van der Waals surface area contributed by atoms with Gasteiger partial charge in [0, 0.05) is 12.4 Å². The van der Waals surface area contributed by atoms with Crippen molar-refractivity contribution in [3.63, 3.8) is 0 Å². The second-order valence-corrected chi connectivity index (χ2v) is 5.73. The van der Waals surface area contributed by atoms with E-state index in [9.17, 15) is 9.59 Å². The number of hydrogen-bond donors (Lipinski definition) is 3. The highest BCUT2D eigenvalue weighted by molar-refractivity contribution is 6.43. The number of amides is 1. The molecule has 0 bridgehead atoms. The van der Waals surface area contributed by atoms with Gasteiger partial charge in [-0.2, -0.15) is 0 Å². The average Bonchev–Trinajstić information content (AvgIpc) is 2.69. The van der Waals surface area contributed by atoms with Crippen LogP contribution in [0.1, 0.15) is 10.4 Å². The molecule has 1 amide bonds. The second-order valence-electron chi connectivity index (χ2n) is 4.56. The Morgan fingerprint density at radius 1 is 1.27 bits per heavy atom. The number of rotatable bonds is 4. The molecular weight excluding hydrogens is 355 g/mol. The van der Waals surface area contributed by atoms with Crippen LogP contribution in [0, 0.1) is 0 Å². The monoisotopic (exact) mass is 364 g/mol. The Morgan fingerprint density at radius 3 is 2.41 bits per heavy atom. The molecule has 1 aromatic carbocycles. The van der Waals surface area contributed by atoms with E-state index in [-0.39, 0.29) is 15.7 Å². The van der Waals surface area contributed by atoms with E-state index in [4.69, 9.17) is 45.0 Å². The smallest absolute Gasteiger partial charge is 0.328 e. The van der Waals surface area contributed by atoms with Gasteiger partial charge in [0.25, 0.3) is 5.91 Å². The van der Waals surface area contributed by atoms with Crippen LogP contribution in [0.4, 0.5) is 0 Å². The van der Waals surface area contributed by atoms with E-state index in [1.807, 2.05) is 0 Å². The van der Waals surface area contributed by atoms with E-state index < -0.39 is 24.5 Å². The molecule has 0 saturated carbocycles. The Hall–Kier alpha value is -1.47.